The zero-order valence-electron chi connectivity index (χ0n) is 22.0. The van der Waals surface area contributed by atoms with E-state index in [2.05, 4.69) is 12.1 Å². The van der Waals surface area contributed by atoms with Crippen LogP contribution in [0.15, 0.2) is 53.4 Å². The molecule has 0 aliphatic carbocycles. The van der Waals surface area contributed by atoms with Gasteiger partial charge in [-0.05, 0) is 79.1 Å². The van der Waals surface area contributed by atoms with E-state index in [1.165, 1.54) is 16.7 Å². The maximum Gasteiger partial charge on any atom is 0.214 e. The van der Waals surface area contributed by atoms with E-state index < -0.39 is 16.1 Å². The molecule has 2 N–H and O–H groups in total. The van der Waals surface area contributed by atoms with E-state index in [4.69, 9.17) is 14.5 Å². The standard InChI is InChI=1S/C29H35NO6S2/c1-19-13-23(35-11-4-5-12-38(3,33)34)14-20(2)29(19)25-7-6-8-27(30-25)36-17-21-9-10-24-22(16-28(31)32)18-37-26(24)15-21/h6-10,13-15,22,28,31-32H,4-5,11-12,16-18H2,1-3H3. The summed E-state index contributed by atoms with van der Waals surface area (Å²) < 4.78 is 34.5. The van der Waals surface area contributed by atoms with E-state index in [0.717, 1.165) is 39.5 Å². The first-order valence-corrected chi connectivity index (χ1v) is 15.8. The highest BCUT2D eigenvalue weighted by Gasteiger charge is 2.25. The molecule has 204 valence electrons. The number of hydrogen-bond acceptors (Lipinski definition) is 8. The van der Waals surface area contributed by atoms with E-state index in [9.17, 15) is 18.6 Å². The molecular weight excluding hydrogens is 522 g/mol. The van der Waals surface area contributed by atoms with E-state index in [0.29, 0.717) is 38.4 Å². The van der Waals surface area contributed by atoms with Gasteiger partial charge < -0.3 is 19.7 Å². The summed E-state index contributed by atoms with van der Waals surface area (Å²) in [6.45, 7) is 4.92. The Balaban J connectivity index is 1.38. The lowest BCUT2D eigenvalue weighted by molar-refractivity contribution is -0.0484. The Hall–Kier alpha value is -2.59. The van der Waals surface area contributed by atoms with Gasteiger partial charge in [-0.3, -0.25) is 0 Å². The first-order valence-electron chi connectivity index (χ1n) is 12.7. The molecule has 2 aromatic carbocycles. The number of benzene rings is 2. The maximum absolute atomic E-state index is 11.3. The van der Waals surface area contributed by atoms with Crippen molar-refractivity contribution < 1.29 is 28.1 Å². The molecule has 0 amide bonds. The lowest BCUT2D eigenvalue weighted by Gasteiger charge is -2.15. The predicted octanol–water partition coefficient (Wildman–Crippen LogP) is 5.04. The van der Waals surface area contributed by atoms with Crippen LogP contribution in [0.25, 0.3) is 11.3 Å². The summed E-state index contributed by atoms with van der Waals surface area (Å²) in [7, 11) is -2.94. The van der Waals surface area contributed by atoms with E-state index in [-0.39, 0.29) is 11.7 Å². The van der Waals surface area contributed by atoms with Gasteiger partial charge in [-0.2, -0.15) is 0 Å². The Kier molecular flexibility index (Phi) is 9.36. The van der Waals surface area contributed by atoms with E-state index in [1.807, 2.05) is 50.2 Å². The SMILES string of the molecule is Cc1cc(OCCCCS(C)(=O)=O)cc(C)c1-c1cccc(OCc2ccc3c(c2)SCC3CC(O)O)n1. The van der Waals surface area contributed by atoms with Gasteiger partial charge in [0.25, 0.3) is 0 Å². The minimum atomic E-state index is -2.94. The van der Waals surface area contributed by atoms with Crippen molar-refractivity contribution in [3.63, 3.8) is 0 Å². The lowest BCUT2D eigenvalue weighted by atomic mass is 9.97. The van der Waals surface area contributed by atoms with Crippen LogP contribution in [0.4, 0.5) is 0 Å². The van der Waals surface area contributed by atoms with Crippen LogP contribution < -0.4 is 9.47 Å². The van der Waals surface area contributed by atoms with Crippen LogP contribution in [0.2, 0.25) is 0 Å². The van der Waals surface area contributed by atoms with Crippen molar-refractivity contribution >= 4 is 21.6 Å². The minimum Gasteiger partial charge on any atom is -0.494 e. The summed E-state index contributed by atoms with van der Waals surface area (Å²) >= 11 is 1.74. The van der Waals surface area contributed by atoms with E-state index in [1.54, 1.807) is 11.8 Å². The second-order valence-electron chi connectivity index (χ2n) is 9.86. The van der Waals surface area contributed by atoms with Crippen molar-refractivity contribution in [3.05, 3.63) is 70.8 Å². The van der Waals surface area contributed by atoms with Gasteiger partial charge in [-0.1, -0.05) is 18.2 Å². The van der Waals surface area contributed by atoms with Crippen LogP contribution in [0, 0.1) is 13.8 Å². The average Bonchev–Trinajstić information content (AvgIpc) is 3.23. The molecule has 9 heteroatoms. The normalized spacial score (nSPS) is 15.1. The molecule has 1 atom stereocenters. The molecule has 2 heterocycles. The lowest BCUT2D eigenvalue weighted by Crippen LogP contribution is -2.11. The quantitative estimate of drug-likeness (QED) is 0.236. The number of thioether (sulfide) groups is 1. The maximum atomic E-state index is 11.3. The molecule has 0 saturated heterocycles. The average molecular weight is 558 g/mol. The first kappa shape index (κ1) is 28.4. The van der Waals surface area contributed by atoms with Crippen molar-refractivity contribution in [2.45, 2.75) is 56.8 Å². The fourth-order valence-electron chi connectivity index (χ4n) is 4.72. The van der Waals surface area contributed by atoms with Crippen LogP contribution >= 0.6 is 11.8 Å². The van der Waals surface area contributed by atoms with Crippen LogP contribution in [0.1, 0.15) is 47.4 Å². The van der Waals surface area contributed by atoms with Gasteiger partial charge in [-0.25, -0.2) is 13.4 Å². The summed E-state index contributed by atoms with van der Waals surface area (Å²) in [6.07, 6.45) is 1.59. The molecule has 0 spiro atoms. The number of fused-ring (bicyclic) bond motifs is 1. The number of pyridine rings is 1. The summed E-state index contributed by atoms with van der Waals surface area (Å²) in [5, 5.41) is 18.7. The zero-order valence-corrected chi connectivity index (χ0v) is 23.6. The number of aliphatic hydroxyl groups excluding tert-OH is 1. The van der Waals surface area contributed by atoms with Gasteiger partial charge in [0.05, 0.1) is 18.1 Å². The highest BCUT2D eigenvalue weighted by molar-refractivity contribution is 7.99. The molecule has 1 aliphatic heterocycles. The van der Waals surface area contributed by atoms with Gasteiger partial charge in [0.1, 0.15) is 22.2 Å². The second kappa shape index (κ2) is 12.5. The molecule has 3 aromatic rings. The fraction of sp³-hybridized carbons (Fsp3) is 0.414. The number of hydrogen-bond donors (Lipinski definition) is 2. The summed E-state index contributed by atoms with van der Waals surface area (Å²) in [6, 6.07) is 15.9. The fourth-order valence-corrected chi connectivity index (χ4v) is 6.78. The highest BCUT2D eigenvalue weighted by Crippen LogP contribution is 2.42. The monoisotopic (exact) mass is 557 g/mol. The summed E-state index contributed by atoms with van der Waals surface area (Å²) in [5.74, 6) is 2.50. The van der Waals surface area contributed by atoms with Crippen LogP contribution in [0.3, 0.4) is 0 Å². The summed E-state index contributed by atoms with van der Waals surface area (Å²) in [4.78, 5) is 5.92. The van der Waals surface area contributed by atoms with Crippen molar-refractivity contribution in [3.8, 4) is 22.9 Å². The third-order valence-electron chi connectivity index (χ3n) is 6.50. The number of aromatic nitrogens is 1. The Bertz CT molecular complexity index is 1350. The predicted molar refractivity (Wildman–Crippen MR) is 151 cm³/mol. The number of nitrogens with zero attached hydrogens (tertiary/aromatic N) is 1. The molecule has 0 fully saturated rings. The van der Waals surface area contributed by atoms with Crippen molar-refractivity contribution in [1.29, 1.82) is 0 Å². The van der Waals surface area contributed by atoms with Gasteiger partial charge in [-0.15, -0.1) is 11.8 Å². The Morgan fingerprint density at radius 2 is 1.82 bits per heavy atom. The molecule has 4 rings (SSSR count). The highest BCUT2D eigenvalue weighted by atomic mass is 32.2. The van der Waals surface area contributed by atoms with Gasteiger partial charge >= 0.3 is 0 Å². The molecule has 0 radical (unpaired) electrons. The molecular formula is C29H35NO6S2. The van der Waals surface area contributed by atoms with Crippen LogP contribution in [0.5, 0.6) is 11.6 Å². The van der Waals surface area contributed by atoms with Crippen LogP contribution in [-0.4, -0.2) is 54.3 Å². The molecule has 38 heavy (non-hydrogen) atoms. The van der Waals surface area contributed by atoms with Gasteiger partial charge in [0.15, 0.2) is 6.29 Å². The largest absolute Gasteiger partial charge is 0.494 e. The molecule has 1 aliphatic rings. The van der Waals surface area contributed by atoms with Crippen LogP contribution in [-0.2, 0) is 16.4 Å². The van der Waals surface area contributed by atoms with Gasteiger partial charge in [0, 0.05) is 35.0 Å². The molecule has 1 aromatic heterocycles. The number of sulfone groups is 1. The van der Waals surface area contributed by atoms with Crippen molar-refractivity contribution in [2.24, 2.45) is 0 Å². The third kappa shape index (κ3) is 7.72. The zero-order chi connectivity index (χ0) is 27.3. The van der Waals surface area contributed by atoms with Crippen molar-refractivity contribution in [2.75, 3.05) is 24.4 Å². The number of aryl methyl sites for hydroxylation is 2. The smallest absolute Gasteiger partial charge is 0.214 e. The first-order chi connectivity index (χ1) is 18.1. The Morgan fingerprint density at radius 3 is 2.53 bits per heavy atom. The minimum absolute atomic E-state index is 0.159. The number of unbranched alkanes of at least 4 members (excludes halogenated alkanes) is 1. The Labute approximate surface area is 229 Å². The Morgan fingerprint density at radius 1 is 1.05 bits per heavy atom. The van der Waals surface area contributed by atoms with Crippen molar-refractivity contribution in [1.82, 2.24) is 4.98 Å². The number of ether oxygens (including phenoxy) is 2. The molecule has 1 unspecified atom stereocenters. The molecule has 0 bridgehead atoms. The number of aliphatic hydroxyl groups is 2. The second-order valence-corrected chi connectivity index (χ2v) is 13.2. The molecule has 7 nitrogen and oxygen atoms in total. The topological polar surface area (TPSA) is 106 Å². The molecule has 0 saturated carbocycles. The third-order valence-corrected chi connectivity index (χ3v) is 8.77. The van der Waals surface area contributed by atoms with Gasteiger partial charge in [0.2, 0.25) is 5.88 Å². The summed E-state index contributed by atoms with van der Waals surface area (Å²) in [5.41, 5.74) is 6.15. The number of rotatable bonds is 12. The van der Waals surface area contributed by atoms with E-state index >= 15 is 0 Å².